The van der Waals surface area contributed by atoms with Gasteiger partial charge in [0.05, 0.1) is 11.6 Å². The van der Waals surface area contributed by atoms with Crippen molar-refractivity contribution in [2.24, 2.45) is 7.05 Å². The predicted molar refractivity (Wildman–Crippen MR) is 127 cm³/mol. The Hall–Kier alpha value is -4.07. The summed E-state index contributed by atoms with van der Waals surface area (Å²) < 4.78 is 41.3. The van der Waals surface area contributed by atoms with Crippen LogP contribution < -0.4 is 5.32 Å². The average molecular weight is 477 g/mol. The van der Waals surface area contributed by atoms with E-state index in [9.17, 15) is 22.8 Å². The van der Waals surface area contributed by atoms with Crippen molar-refractivity contribution < 1.29 is 22.8 Å². The van der Waals surface area contributed by atoms with Crippen LogP contribution in [-0.4, -0.2) is 27.8 Å². The lowest BCUT2D eigenvalue weighted by molar-refractivity contribution is -0.137. The van der Waals surface area contributed by atoms with Gasteiger partial charge >= 0.3 is 6.18 Å². The van der Waals surface area contributed by atoms with Gasteiger partial charge in [-0.1, -0.05) is 42.5 Å². The molecule has 8 heteroatoms. The molecule has 35 heavy (non-hydrogen) atoms. The minimum atomic E-state index is -4.52. The van der Waals surface area contributed by atoms with Gasteiger partial charge in [-0.3, -0.25) is 9.59 Å². The Labute approximate surface area is 199 Å². The lowest BCUT2D eigenvalue weighted by atomic mass is 9.95. The fraction of sp³-hybridized carbons (Fsp3) is 0.185. The lowest BCUT2D eigenvalue weighted by Crippen LogP contribution is -2.36. The number of carbonyl (C=O) groups is 2. The number of amides is 2. The number of aryl methyl sites for hydroxylation is 1. The first-order chi connectivity index (χ1) is 16.7. The second-order valence-corrected chi connectivity index (χ2v) is 8.62. The maximum absolute atomic E-state index is 13.4. The standard InChI is InChI=1S/C27H22F3N3O2/c1-16-24(21-12-5-6-13-22(21)32(16)2)25-19-10-3-4-11-20(19)26(35)33(25)15-23(34)31-18-9-7-8-17(14-18)27(28,29)30/h3-14,25H,15H2,1-2H3,(H,31,34)/t25-/m1/s1. The largest absolute Gasteiger partial charge is 0.416 e. The van der Waals surface area contributed by atoms with Crippen LogP contribution in [0.25, 0.3) is 10.9 Å². The number of halogens is 3. The van der Waals surface area contributed by atoms with E-state index in [1.807, 2.05) is 50.4 Å². The van der Waals surface area contributed by atoms with Crippen LogP contribution >= 0.6 is 0 Å². The van der Waals surface area contributed by atoms with E-state index >= 15 is 0 Å². The van der Waals surface area contributed by atoms with Gasteiger partial charge in [-0.15, -0.1) is 0 Å². The summed E-state index contributed by atoms with van der Waals surface area (Å²) >= 11 is 0. The summed E-state index contributed by atoms with van der Waals surface area (Å²) in [4.78, 5) is 27.9. The molecule has 1 aliphatic rings. The second-order valence-electron chi connectivity index (χ2n) is 8.62. The summed E-state index contributed by atoms with van der Waals surface area (Å²) in [6, 6.07) is 19.0. The molecule has 5 nitrogen and oxygen atoms in total. The van der Waals surface area contributed by atoms with Gasteiger partial charge in [-0.05, 0) is 42.8 Å². The van der Waals surface area contributed by atoms with E-state index in [4.69, 9.17) is 0 Å². The smallest absolute Gasteiger partial charge is 0.348 e. The maximum Gasteiger partial charge on any atom is 0.416 e. The summed E-state index contributed by atoms with van der Waals surface area (Å²) in [7, 11) is 1.95. The Kier molecular flexibility index (Phi) is 5.39. The fourth-order valence-electron chi connectivity index (χ4n) is 4.87. The van der Waals surface area contributed by atoms with Crippen LogP contribution in [0.1, 0.15) is 38.8 Å². The molecular formula is C27H22F3N3O2. The molecule has 3 aromatic carbocycles. The van der Waals surface area contributed by atoms with Crippen molar-refractivity contribution in [2.75, 3.05) is 11.9 Å². The molecule has 0 bridgehead atoms. The van der Waals surface area contributed by atoms with Gasteiger partial charge in [-0.2, -0.15) is 13.2 Å². The van der Waals surface area contributed by atoms with E-state index in [-0.39, 0.29) is 18.1 Å². The van der Waals surface area contributed by atoms with Crippen molar-refractivity contribution in [3.05, 3.63) is 101 Å². The van der Waals surface area contributed by atoms with Crippen molar-refractivity contribution in [3.8, 4) is 0 Å². The molecule has 5 rings (SSSR count). The topological polar surface area (TPSA) is 54.3 Å². The van der Waals surface area contributed by atoms with Crippen LogP contribution in [0.4, 0.5) is 18.9 Å². The van der Waals surface area contributed by atoms with Crippen molar-refractivity contribution in [1.29, 1.82) is 0 Å². The number of para-hydroxylation sites is 1. The predicted octanol–water partition coefficient (Wildman–Crippen LogP) is 5.69. The fourth-order valence-corrected chi connectivity index (χ4v) is 4.87. The molecule has 0 saturated heterocycles. The Morgan fingerprint density at radius 1 is 1.00 bits per heavy atom. The van der Waals surface area contributed by atoms with Gasteiger partial charge < -0.3 is 14.8 Å². The van der Waals surface area contributed by atoms with Crippen molar-refractivity contribution in [2.45, 2.75) is 19.1 Å². The Balaban J connectivity index is 1.52. The Bertz CT molecular complexity index is 1470. The monoisotopic (exact) mass is 477 g/mol. The highest BCUT2D eigenvalue weighted by atomic mass is 19.4. The first-order valence-corrected chi connectivity index (χ1v) is 11.1. The van der Waals surface area contributed by atoms with Gasteiger partial charge in [0.1, 0.15) is 6.54 Å². The molecule has 0 radical (unpaired) electrons. The zero-order chi connectivity index (χ0) is 24.9. The zero-order valence-corrected chi connectivity index (χ0v) is 19.1. The number of carbonyl (C=O) groups excluding carboxylic acids is 2. The van der Waals surface area contributed by atoms with Gasteiger partial charge in [0.2, 0.25) is 5.91 Å². The van der Waals surface area contributed by atoms with Gasteiger partial charge in [-0.25, -0.2) is 0 Å². The van der Waals surface area contributed by atoms with Crippen molar-refractivity contribution in [1.82, 2.24) is 9.47 Å². The lowest BCUT2D eigenvalue weighted by Gasteiger charge is -2.26. The number of alkyl halides is 3. The summed E-state index contributed by atoms with van der Waals surface area (Å²) in [5, 5.41) is 3.50. The summed E-state index contributed by atoms with van der Waals surface area (Å²) in [5.74, 6) is -0.870. The van der Waals surface area contributed by atoms with Crippen molar-refractivity contribution in [3.63, 3.8) is 0 Å². The Morgan fingerprint density at radius 2 is 1.71 bits per heavy atom. The normalized spacial score (nSPS) is 15.5. The quantitative estimate of drug-likeness (QED) is 0.411. The number of nitrogens with one attached hydrogen (secondary N) is 1. The molecular weight excluding hydrogens is 455 g/mol. The number of nitrogens with zero attached hydrogens (tertiary/aromatic N) is 2. The summed E-state index contributed by atoms with van der Waals surface area (Å²) in [6.07, 6.45) is -4.52. The minimum absolute atomic E-state index is 0.0203. The van der Waals surface area contributed by atoms with Crippen LogP contribution in [0.5, 0.6) is 0 Å². The number of hydrogen-bond acceptors (Lipinski definition) is 2. The zero-order valence-electron chi connectivity index (χ0n) is 19.1. The van der Waals surface area contributed by atoms with Crippen molar-refractivity contribution >= 4 is 28.4 Å². The molecule has 0 aliphatic carbocycles. The molecule has 0 spiro atoms. The van der Waals surface area contributed by atoms with Crippen LogP contribution in [0.3, 0.4) is 0 Å². The number of aromatic nitrogens is 1. The molecule has 2 heterocycles. The third kappa shape index (κ3) is 3.84. The average Bonchev–Trinajstić information content (AvgIpc) is 3.24. The van der Waals surface area contributed by atoms with Gasteiger partial charge in [0, 0.05) is 40.5 Å². The van der Waals surface area contributed by atoms with Gasteiger partial charge in [0.25, 0.3) is 5.91 Å². The van der Waals surface area contributed by atoms with E-state index in [1.165, 1.54) is 17.0 Å². The van der Waals surface area contributed by atoms with E-state index in [0.717, 1.165) is 39.9 Å². The van der Waals surface area contributed by atoms with E-state index in [0.29, 0.717) is 5.56 Å². The summed E-state index contributed by atoms with van der Waals surface area (Å²) in [6.45, 7) is 1.67. The number of benzene rings is 3. The third-order valence-corrected chi connectivity index (χ3v) is 6.57. The highest BCUT2D eigenvalue weighted by Crippen LogP contribution is 2.43. The SMILES string of the molecule is Cc1c([C@H]2c3ccccc3C(=O)N2CC(=O)Nc2cccc(C(F)(F)F)c2)c2ccccc2n1C. The molecule has 0 saturated carbocycles. The van der Waals surface area contributed by atoms with Crippen LogP contribution in [0, 0.1) is 6.92 Å². The number of hydrogen-bond donors (Lipinski definition) is 1. The number of anilines is 1. The molecule has 2 amide bonds. The first-order valence-electron chi connectivity index (χ1n) is 11.1. The van der Waals surface area contributed by atoms with Gasteiger partial charge in [0.15, 0.2) is 0 Å². The number of rotatable bonds is 4. The number of fused-ring (bicyclic) bond motifs is 2. The summed E-state index contributed by atoms with van der Waals surface area (Å²) in [5.41, 5.74) is 3.36. The molecule has 1 atom stereocenters. The minimum Gasteiger partial charge on any atom is -0.348 e. The molecule has 1 N–H and O–H groups in total. The Morgan fingerprint density at radius 3 is 2.49 bits per heavy atom. The van der Waals surface area contributed by atoms with Crippen LogP contribution in [-0.2, 0) is 18.0 Å². The molecule has 4 aromatic rings. The highest BCUT2D eigenvalue weighted by Gasteiger charge is 2.40. The van der Waals surface area contributed by atoms with E-state index < -0.39 is 23.7 Å². The molecule has 0 unspecified atom stereocenters. The highest BCUT2D eigenvalue weighted by molar-refractivity contribution is 6.04. The molecule has 178 valence electrons. The second kappa shape index (κ2) is 8.30. The van der Waals surface area contributed by atoms with E-state index in [1.54, 1.807) is 12.1 Å². The van der Waals surface area contributed by atoms with Crippen LogP contribution in [0.15, 0.2) is 72.8 Å². The van der Waals surface area contributed by atoms with Crippen LogP contribution in [0.2, 0.25) is 0 Å². The van der Waals surface area contributed by atoms with E-state index in [2.05, 4.69) is 9.88 Å². The first kappa shape index (κ1) is 22.7. The molecule has 1 aromatic heterocycles. The maximum atomic E-state index is 13.4. The molecule has 1 aliphatic heterocycles. The molecule has 0 fully saturated rings. The third-order valence-electron chi connectivity index (χ3n) is 6.57.